The highest BCUT2D eigenvalue weighted by atomic mass is 16.2. The van der Waals surface area contributed by atoms with E-state index in [1.807, 2.05) is 6.92 Å². The molecule has 4 heteroatoms. The zero-order valence-electron chi connectivity index (χ0n) is 9.01. The third kappa shape index (κ3) is 1.76. The molecule has 15 heavy (non-hydrogen) atoms. The van der Waals surface area contributed by atoms with E-state index in [9.17, 15) is 9.59 Å². The molecule has 4 nitrogen and oxygen atoms in total. The molecule has 0 atom stereocenters. The van der Waals surface area contributed by atoms with Crippen molar-refractivity contribution in [2.45, 2.75) is 45.6 Å². The SMILES string of the molecule is CCCn1c(=O)[nH]c2c(c1=O)CCCC2. The molecule has 1 aromatic heterocycles. The molecule has 0 radical (unpaired) electrons. The van der Waals surface area contributed by atoms with Crippen LogP contribution in [0, 0.1) is 0 Å². The molecule has 2 rings (SSSR count). The van der Waals surface area contributed by atoms with E-state index in [2.05, 4.69) is 4.98 Å². The summed E-state index contributed by atoms with van der Waals surface area (Å²) in [6.07, 6.45) is 4.59. The fourth-order valence-electron chi connectivity index (χ4n) is 2.16. The Morgan fingerprint density at radius 3 is 2.73 bits per heavy atom. The number of nitrogens with one attached hydrogen (secondary N) is 1. The first-order chi connectivity index (χ1) is 7.24. The Morgan fingerprint density at radius 2 is 2.00 bits per heavy atom. The van der Waals surface area contributed by atoms with Gasteiger partial charge in [-0.25, -0.2) is 4.79 Å². The van der Waals surface area contributed by atoms with Gasteiger partial charge in [0.1, 0.15) is 0 Å². The largest absolute Gasteiger partial charge is 0.328 e. The lowest BCUT2D eigenvalue weighted by Gasteiger charge is -2.15. The van der Waals surface area contributed by atoms with Gasteiger partial charge in [-0.3, -0.25) is 9.36 Å². The molecule has 0 bridgehead atoms. The van der Waals surface area contributed by atoms with Crippen molar-refractivity contribution in [3.63, 3.8) is 0 Å². The molecule has 0 aromatic carbocycles. The molecule has 1 aliphatic rings. The van der Waals surface area contributed by atoms with Gasteiger partial charge in [-0.2, -0.15) is 0 Å². The number of aryl methyl sites for hydroxylation is 1. The van der Waals surface area contributed by atoms with Crippen molar-refractivity contribution in [3.8, 4) is 0 Å². The molecule has 0 fully saturated rings. The highest BCUT2D eigenvalue weighted by molar-refractivity contribution is 5.19. The Bertz CT molecular complexity index is 470. The number of hydrogen-bond donors (Lipinski definition) is 1. The van der Waals surface area contributed by atoms with Gasteiger partial charge in [0.2, 0.25) is 0 Å². The first-order valence-electron chi connectivity index (χ1n) is 5.59. The number of H-pyrrole nitrogens is 1. The Morgan fingerprint density at radius 1 is 1.27 bits per heavy atom. The van der Waals surface area contributed by atoms with Crippen LogP contribution in [0.15, 0.2) is 9.59 Å². The minimum atomic E-state index is -0.248. The lowest BCUT2D eigenvalue weighted by atomic mass is 9.97. The lowest BCUT2D eigenvalue weighted by Crippen LogP contribution is -2.39. The zero-order valence-corrected chi connectivity index (χ0v) is 9.01. The summed E-state index contributed by atoms with van der Waals surface area (Å²) in [6.45, 7) is 2.48. The Balaban J connectivity index is 2.59. The van der Waals surface area contributed by atoms with Gasteiger partial charge >= 0.3 is 5.69 Å². The van der Waals surface area contributed by atoms with E-state index in [1.165, 1.54) is 4.57 Å². The summed E-state index contributed by atoms with van der Waals surface area (Å²) >= 11 is 0. The van der Waals surface area contributed by atoms with Crippen LogP contribution in [0.4, 0.5) is 0 Å². The molecule has 0 saturated heterocycles. The number of fused-ring (bicyclic) bond motifs is 1. The molecule has 0 amide bonds. The lowest BCUT2D eigenvalue weighted by molar-refractivity contribution is 0.572. The quantitative estimate of drug-likeness (QED) is 0.782. The first-order valence-corrected chi connectivity index (χ1v) is 5.59. The van der Waals surface area contributed by atoms with E-state index in [0.29, 0.717) is 6.54 Å². The number of hydrogen-bond acceptors (Lipinski definition) is 2. The Hall–Kier alpha value is -1.32. The van der Waals surface area contributed by atoms with E-state index in [0.717, 1.165) is 43.4 Å². The number of rotatable bonds is 2. The molecule has 0 saturated carbocycles. The highest BCUT2D eigenvalue weighted by Gasteiger charge is 2.16. The van der Waals surface area contributed by atoms with Crippen molar-refractivity contribution in [2.75, 3.05) is 0 Å². The van der Waals surface area contributed by atoms with E-state index in [1.54, 1.807) is 0 Å². The standard InChI is InChI=1S/C11H16N2O2/c1-2-7-13-10(14)8-5-3-4-6-9(8)12-11(13)15/h2-7H2,1H3,(H,12,15). The van der Waals surface area contributed by atoms with Crippen LogP contribution in [-0.2, 0) is 19.4 Å². The topological polar surface area (TPSA) is 54.9 Å². The minimum absolute atomic E-state index is 0.0738. The second-order valence-corrected chi connectivity index (χ2v) is 4.05. The van der Waals surface area contributed by atoms with E-state index in [-0.39, 0.29) is 11.2 Å². The maximum absolute atomic E-state index is 12.0. The molecule has 0 spiro atoms. The summed E-state index contributed by atoms with van der Waals surface area (Å²) in [7, 11) is 0. The second-order valence-electron chi connectivity index (χ2n) is 4.05. The van der Waals surface area contributed by atoms with E-state index < -0.39 is 0 Å². The predicted molar refractivity (Wildman–Crippen MR) is 58.3 cm³/mol. The molecule has 1 aliphatic carbocycles. The van der Waals surface area contributed by atoms with Gasteiger partial charge in [-0.05, 0) is 32.1 Å². The molecule has 1 N–H and O–H groups in total. The van der Waals surface area contributed by atoms with Gasteiger partial charge in [0, 0.05) is 17.8 Å². The first kappa shape index (κ1) is 10.2. The van der Waals surface area contributed by atoms with Crippen LogP contribution < -0.4 is 11.2 Å². The molecule has 1 aromatic rings. The summed E-state index contributed by atoms with van der Waals surface area (Å²) in [5.41, 5.74) is 1.37. The Kier molecular flexibility index (Phi) is 2.75. The van der Waals surface area contributed by atoms with Crippen LogP contribution in [0.2, 0.25) is 0 Å². The van der Waals surface area contributed by atoms with Gasteiger partial charge in [-0.15, -0.1) is 0 Å². The maximum Gasteiger partial charge on any atom is 0.328 e. The fourth-order valence-corrected chi connectivity index (χ4v) is 2.16. The molecular formula is C11H16N2O2. The van der Waals surface area contributed by atoms with Crippen molar-refractivity contribution in [3.05, 3.63) is 32.1 Å². The summed E-state index contributed by atoms with van der Waals surface area (Å²) in [5, 5.41) is 0. The van der Waals surface area contributed by atoms with Gasteiger partial charge in [-0.1, -0.05) is 6.92 Å². The predicted octanol–water partition coefficient (Wildman–Crippen LogP) is 0.825. The zero-order chi connectivity index (χ0) is 10.8. The molecular weight excluding hydrogens is 192 g/mol. The molecule has 1 heterocycles. The van der Waals surface area contributed by atoms with Crippen LogP contribution in [0.25, 0.3) is 0 Å². The summed E-state index contributed by atoms with van der Waals surface area (Å²) < 4.78 is 1.32. The van der Waals surface area contributed by atoms with Crippen molar-refractivity contribution in [1.82, 2.24) is 9.55 Å². The van der Waals surface area contributed by atoms with Gasteiger partial charge < -0.3 is 4.98 Å². The third-order valence-electron chi connectivity index (χ3n) is 2.92. The van der Waals surface area contributed by atoms with Crippen molar-refractivity contribution >= 4 is 0 Å². The van der Waals surface area contributed by atoms with Crippen LogP contribution in [-0.4, -0.2) is 9.55 Å². The summed E-state index contributed by atoms with van der Waals surface area (Å²) in [5.74, 6) is 0. The van der Waals surface area contributed by atoms with Gasteiger partial charge in [0.05, 0.1) is 0 Å². The van der Waals surface area contributed by atoms with Crippen LogP contribution in [0.5, 0.6) is 0 Å². The van der Waals surface area contributed by atoms with Gasteiger partial charge in [0.15, 0.2) is 0 Å². The normalized spacial score (nSPS) is 15.0. The number of aromatic nitrogens is 2. The highest BCUT2D eigenvalue weighted by Crippen LogP contribution is 2.14. The van der Waals surface area contributed by atoms with Crippen molar-refractivity contribution < 1.29 is 0 Å². The summed E-state index contributed by atoms with van der Waals surface area (Å²) in [6, 6.07) is 0. The Labute approximate surface area is 88.0 Å². The fraction of sp³-hybridized carbons (Fsp3) is 0.636. The summed E-state index contributed by atoms with van der Waals surface area (Å²) in [4.78, 5) is 26.4. The molecule has 0 aliphatic heterocycles. The van der Waals surface area contributed by atoms with E-state index >= 15 is 0 Å². The monoisotopic (exact) mass is 208 g/mol. The average Bonchev–Trinajstić information content (AvgIpc) is 2.24. The average molecular weight is 208 g/mol. The number of aromatic amines is 1. The van der Waals surface area contributed by atoms with Crippen LogP contribution >= 0.6 is 0 Å². The number of nitrogens with zero attached hydrogens (tertiary/aromatic N) is 1. The minimum Gasteiger partial charge on any atom is -0.311 e. The van der Waals surface area contributed by atoms with Crippen LogP contribution in [0.3, 0.4) is 0 Å². The van der Waals surface area contributed by atoms with E-state index in [4.69, 9.17) is 0 Å². The van der Waals surface area contributed by atoms with Crippen molar-refractivity contribution in [2.24, 2.45) is 0 Å². The smallest absolute Gasteiger partial charge is 0.311 e. The van der Waals surface area contributed by atoms with Crippen molar-refractivity contribution in [1.29, 1.82) is 0 Å². The van der Waals surface area contributed by atoms with Crippen LogP contribution in [0.1, 0.15) is 37.4 Å². The third-order valence-corrected chi connectivity index (χ3v) is 2.92. The molecule has 0 unspecified atom stereocenters. The maximum atomic E-state index is 12.0. The molecule has 82 valence electrons. The second kappa shape index (κ2) is 4.04. The van der Waals surface area contributed by atoms with Gasteiger partial charge in [0.25, 0.3) is 5.56 Å².